The lowest BCUT2D eigenvalue weighted by Crippen LogP contribution is -2.46. The first kappa shape index (κ1) is 12.4. The van der Waals surface area contributed by atoms with Crippen LogP contribution in [0.4, 0.5) is 0 Å². The molecule has 2 atom stereocenters. The summed E-state index contributed by atoms with van der Waals surface area (Å²) < 4.78 is 0. The summed E-state index contributed by atoms with van der Waals surface area (Å²) in [5.41, 5.74) is 0.400. The Morgan fingerprint density at radius 3 is 2.56 bits per heavy atom. The third-order valence-electron chi connectivity index (χ3n) is 5.02. The van der Waals surface area contributed by atoms with E-state index in [1.54, 1.807) is 0 Å². The van der Waals surface area contributed by atoms with Crippen LogP contribution in [0.25, 0.3) is 0 Å². The van der Waals surface area contributed by atoms with Crippen molar-refractivity contribution in [3.63, 3.8) is 0 Å². The van der Waals surface area contributed by atoms with Crippen molar-refractivity contribution in [1.29, 1.82) is 0 Å². The molecule has 2 heteroatoms. The maximum absolute atomic E-state index is 2.73. The quantitative estimate of drug-likeness (QED) is 0.727. The van der Waals surface area contributed by atoms with E-state index < -0.39 is 0 Å². The van der Waals surface area contributed by atoms with E-state index in [4.69, 9.17) is 0 Å². The van der Waals surface area contributed by atoms with Crippen LogP contribution in [0.15, 0.2) is 0 Å². The zero-order valence-corrected chi connectivity index (χ0v) is 11.5. The molecule has 2 heterocycles. The third-order valence-corrected chi connectivity index (χ3v) is 5.02. The summed E-state index contributed by atoms with van der Waals surface area (Å²) in [6.45, 7) is 14.7. The molecule has 0 aromatic heterocycles. The molecule has 0 radical (unpaired) electrons. The van der Waals surface area contributed by atoms with Crippen molar-refractivity contribution in [1.82, 2.24) is 9.80 Å². The van der Waals surface area contributed by atoms with Crippen molar-refractivity contribution in [3.8, 4) is 0 Å². The van der Waals surface area contributed by atoms with Crippen LogP contribution in [0.2, 0.25) is 0 Å². The predicted octanol–water partition coefficient (Wildman–Crippen LogP) is 2.59. The second kappa shape index (κ2) is 4.66. The fourth-order valence-electron chi connectivity index (χ4n) is 3.38. The first-order valence-electron chi connectivity index (χ1n) is 7.07. The molecule has 2 rings (SSSR count). The number of hydrogen-bond donors (Lipinski definition) is 0. The Morgan fingerprint density at radius 1 is 1.19 bits per heavy atom. The highest BCUT2D eigenvalue weighted by Gasteiger charge is 2.42. The molecule has 16 heavy (non-hydrogen) atoms. The van der Waals surface area contributed by atoms with Crippen molar-refractivity contribution in [2.75, 3.05) is 26.2 Å². The minimum Gasteiger partial charge on any atom is -0.299 e. The number of nitrogens with zero attached hydrogens (tertiary/aromatic N) is 2. The second-order valence-electron chi connectivity index (χ2n) is 6.17. The molecule has 2 unspecified atom stereocenters. The molecule has 2 fully saturated rings. The monoisotopic (exact) mass is 224 g/mol. The Hall–Kier alpha value is -0.0800. The molecule has 2 aliphatic heterocycles. The van der Waals surface area contributed by atoms with Crippen LogP contribution < -0.4 is 0 Å². The van der Waals surface area contributed by atoms with Crippen molar-refractivity contribution >= 4 is 0 Å². The van der Waals surface area contributed by atoms with Gasteiger partial charge in [0.25, 0.3) is 0 Å². The molecule has 0 spiro atoms. The normalized spacial score (nSPS) is 33.0. The van der Waals surface area contributed by atoms with Gasteiger partial charge in [0.1, 0.15) is 0 Å². The Bertz CT molecular complexity index is 237. The fraction of sp³-hybridized carbons (Fsp3) is 1.00. The van der Waals surface area contributed by atoms with E-state index in [1.807, 2.05) is 0 Å². The number of piperidine rings is 1. The minimum absolute atomic E-state index is 0.400. The van der Waals surface area contributed by atoms with Gasteiger partial charge in [-0.2, -0.15) is 0 Å². The lowest BCUT2D eigenvalue weighted by atomic mass is 9.92. The molecule has 94 valence electrons. The number of rotatable bonds is 3. The molecule has 2 aliphatic rings. The van der Waals surface area contributed by atoms with E-state index in [-0.39, 0.29) is 0 Å². The van der Waals surface area contributed by atoms with E-state index in [0.29, 0.717) is 5.54 Å². The zero-order valence-electron chi connectivity index (χ0n) is 11.5. The minimum atomic E-state index is 0.400. The van der Waals surface area contributed by atoms with Crippen LogP contribution in [0.1, 0.15) is 47.0 Å². The van der Waals surface area contributed by atoms with Gasteiger partial charge >= 0.3 is 0 Å². The van der Waals surface area contributed by atoms with E-state index in [1.165, 1.54) is 45.4 Å². The molecule has 0 aliphatic carbocycles. The second-order valence-corrected chi connectivity index (χ2v) is 6.17. The summed E-state index contributed by atoms with van der Waals surface area (Å²) in [5.74, 6) is 0.944. The van der Waals surface area contributed by atoms with Crippen molar-refractivity contribution in [3.05, 3.63) is 0 Å². The highest BCUT2D eigenvalue weighted by atomic mass is 15.3. The van der Waals surface area contributed by atoms with Gasteiger partial charge in [-0.05, 0) is 52.1 Å². The van der Waals surface area contributed by atoms with Crippen LogP contribution in [0, 0.1) is 5.92 Å². The van der Waals surface area contributed by atoms with Crippen molar-refractivity contribution < 1.29 is 0 Å². The Labute approximate surface area is 101 Å². The summed E-state index contributed by atoms with van der Waals surface area (Å²) >= 11 is 0. The molecule has 0 N–H and O–H groups in total. The van der Waals surface area contributed by atoms with Gasteiger partial charge in [-0.15, -0.1) is 0 Å². The van der Waals surface area contributed by atoms with Gasteiger partial charge in [-0.1, -0.05) is 13.8 Å². The van der Waals surface area contributed by atoms with E-state index in [2.05, 4.69) is 37.5 Å². The summed E-state index contributed by atoms with van der Waals surface area (Å²) in [6, 6.07) is 0.851. The lowest BCUT2D eigenvalue weighted by Gasteiger charge is -2.37. The van der Waals surface area contributed by atoms with Crippen molar-refractivity contribution in [2.45, 2.75) is 58.5 Å². The zero-order chi connectivity index (χ0) is 11.8. The smallest absolute Gasteiger partial charge is 0.0263 e. The van der Waals surface area contributed by atoms with Gasteiger partial charge in [0.2, 0.25) is 0 Å². The fourth-order valence-corrected chi connectivity index (χ4v) is 3.38. The van der Waals surface area contributed by atoms with E-state index in [0.717, 1.165) is 12.0 Å². The molecule has 0 amide bonds. The molecule has 0 aromatic rings. The molecule has 0 aromatic carbocycles. The van der Waals surface area contributed by atoms with Crippen molar-refractivity contribution in [2.24, 2.45) is 5.92 Å². The van der Waals surface area contributed by atoms with Crippen LogP contribution in [-0.2, 0) is 0 Å². The van der Waals surface area contributed by atoms with Gasteiger partial charge in [0, 0.05) is 24.7 Å². The molecular weight excluding hydrogens is 196 g/mol. The lowest BCUT2D eigenvalue weighted by molar-refractivity contribution is 0.119. The summed E-state index contributed by atoms with van der Waals surface area (Å²) in [7, 11) is 0. The molecule has 0 saturated carbocycles. The molecule has 2 nitrogen and oxygen atoms in total. The highest BCUT2D eigenvalue weighted by Crippen LogP contribution is 2.34. The number of hydrogen-bond acceptors (Lipinski definition) is 2. The summed E-state index contributed by atoms with van der Waals surface area (Å²) in [6.07, 6.45) is 4.13. The number of fused-ring (bicyclic) bond motifs is 1. The third kappa shape index (κ3) is 2.14. The average molecular weight is 224 g/mol. The van der Waals surface area contributed by atoms with Gasteiger partial charge in [-0.25, -0.2) is 0 Å². The predicted molar refractivity (Wildman–Crippen MR) is 69.7 cm³/mol. The number of likely N-dealkylation sites (tertiary alicyclic amines) is 2. The highest BCUT2D eigenvalue weighted by molar-refractivity contribution is 4.97. The first-order chi connectivity index (χ1) is 7.58. The Balaban J connectivity index is 2.04. The topological polar surface area (TPSA) is 6.48 Å². The van der Waals surface area contributed by atoms with E-state index >= 15 is 0 Å². The van der Waals surface area contributed by atoms with Crippen LogP contribution in [0.5, 0.6) is 0 Å². The Kier molecular flexibility index (Phi) is 3.60. The maximum Gasteiger partial charge on any atom is 0.0263 e. The summed E-state index contributed by atoms with van der Waals surface area (Å²) in [5, 5.41) is 0. The Morgan fingerprint density at radius 2 is 1.94 bits per heavy atom. The summed E-state index contributed by atoms with van der Waals surface area (Å²) in [4.78, 5) is 5.44. The number of likely N-dealkylation sites (N-methyl/N-ethyl adjacent to an activating group) is 1. The van der Waals surface area contributed by atoms with Crippen LogP contribution >= 0.6 is 0 Å². The largest absolute Gasteiger partial charge is 0.299 e. The molecular formula is C14H28N2. The van der Waals surface area contributed by atoms with Gasteiger partial charge in [0.05, 0.1) is 0 Å². The van der Waals surface area contributed by atoms with Crippen LogP contribution in [0.3, 0.4) is 0 Å². The van der Waals surface area contributed by atoms with Gasteiger partial charge in [0.15, 0.2) is 0 Å². The molecule has 0 bridgehead atoms. The van der Waals surface area contributed by atoms with E-state index in [9.17, 15) is 0 Å². The average Bonchev–Trinajstić information content (AvgIpc) is 2.73. The first-order valence-corrected chi connectivity index (χ1v) is 7.07. The van der Waals surface area contributed by atoms with Gasteiger partial charge in [-0.3, -0.25) is 9.80 Å². The van der Waals surface area contributed by atoms with Crippen LogP contribution in [-0.4, -0.2) is 47.6 Å². The van der Waals surface area contributed by atoms with Gasteiger partial charge < -0.3 is 0 Å². The maximum atomic E-state index is 2.73. The molecule has 2 saturated heterocycles. The SMILES string of the molecule is CCN1CCCC2CN(C(C)(C)CC)CC21. The standard InChI is InChI=1S/C14H28N2/c1-5-14(3,4)16-10-12-8-7-9-15(6-2)13(12)11-16/h12-13H,5-11H2,1-4H3.